The molecule has 0 fully saturated rings. The zero-order chi connectivity index (χ0) is 16.7. The van der Waals surface area contributed by atoms with Gasteiger partial charge in [-0.2, -0.15) is 0 Å². The van der Waals surface area contributed by atoms with E-state index in [0.717, 1.165) is 12.8 Å². The Balaban J connectivity index is 2.16. The van der Waals surface area contributed by atoms with E-state index in [0.29, 0.717) is 12.0 Å². The molecule has 1 atom stereocenters. The van der Waals surface area contributed by atoms with Crippen LogP contribution in [0.2, 0.25) is 0 Å². The number of allylic oxidation sites excluding steroid dienone is 2. The first-order valence-electron chi connectivity index (χ1n) is 7.31. The fourth-order valence-corrected chi connectivity index (χ4v) is 3.47. The van der Waals surface area contributed by atoms with Gasteiger partial charge in [0.2, 0.25) is 0 Å². The zero-order valence-corrected chi connectivity index (χ0v) is 14.1. The number of nitrogens with zero attached hydrogens (tertiary/aromatic N) is 1. The van der Waals surface area contributed by atoms with Crippen molar-refractivity contribution in [2.24, 2.45) is 11.1 Å². The van der Waals surface area contributed by atoms with Crippen molar-refractivity contribution in [3.8, 4) is 0 Å². The van der Waals surface area contributed by atoms with Crippen LogP contribution in [0.1, 0.15) is 29.6 Å². The molecular formula is C16H20NO5P. The highest BCUT2D eigenvalue weighted by atomic mass is 31.2. The Hall–Kier alpha value is -1.75. The number of hydrogen-bond acceptors (Lipinski definition) is 6. The van der Waals surface area contributed by atoms with Gasteiger partial charge in [-0.1, -0.05) is 35.5 Å². The van der Waals surface area contributed by atoms with E-state index in [9.17, 15) is 9.36 Å². The van der Waals surface area contributed by atoms with Gasteiger partial charge in [0.1, 0.15) is 0 Å². The SMILES string of the molecule is COP(=O)(OC)/C(CC1C=CCC1)=N\OC(=O)c1ccccc1. The third-order valence-corrected chi connectivity index (χ3v) is 5.46. The van der Waals surface area contributed by atoms with Crippen LogP contribution in [-0.2, 0) is 18.5 Å². The fourth-order valence-electron chi connectivity index (χ4n) is 2.31. The summed E-state index contributed by atoms with van der Waals surface area (Å²) in [4.78, 5) is 16.9. The van der Waals surface area contributed by atoms with Crippen molar-refractivity contribution < 1.29 is 23.2 Å². The molecule has 1 aromatic carbocycles. The van der Waals surface area contributed by atoms with E-state index in [1.54, 1.807) is 30.3 Å². The first-order valence-corrected chi connectivity index (χ1v) is 8.85. The standard InChI is InChI=1S/C16H20NO5P/c1-20-23(19,21-2)15(12-13-8-6-7-9-13)17-22-16(18)14-10-4-3-5-11-14/h3-6,8,10-11,13H,7,9,12H2,1-2H3/b17-15-. The zero-order valence-electron chi connectivity index (χ0n) is 13.2. The highest BCUT2D eigenvalue weighted by molar-refractivity contribution is 7.72. The second-order valence-electron chi connectivity index (χ2n) is 5.08. The lowest BCUT2D eigenvalue weighted by Crippen LogP contribution is -2.11. The lowest BCUT2D eigenvalue weighted by Gasteiger charge is -2.17. The Bertz CT molecular complexity index is 633. The molecule has 23 heavy (non-hydrogen) atoms. The maximum absolute atomic E-state index is 12.6. The van der Waals surface area contributed by atoms with Gasteiger partial charge >= 0.3 is 13.6 Å². The second-order valence-corrected chi connectivity index (χ2v) is 7.33. The van der Waals surface area contributed by atoms with Gasteiger partial charge in [0.15, 0.2) is 5.45 Å². The van der Waals surface area contributed by atoms with Gasteiger partial charge in [-0.05, 0) is 30.9 Å². The predicted octanol–water partition coefficient (Wildman–Crippen LogP) is 4.00. The number of carbonyl (C=O) groups excluding carboxylic acids is 1. The molecule has 7 heteroatoms. The van der Waals surface area contributed by atoms with Crippen molar-refractivity contribution in [2.75, 3.05) is 14.2 Å². The van der Waals surface area contributed by atoms with Crippen LogP contribution in [0.3, 0.4) is 0 Å². The Labute approximate surface area is 135 Å². The molecule has 0 bridgehead atoms. The molecule has 0 amide bonds. The molecule has 1 unspecified atom stereocenters. The van der Waals surface area contributed by atoms with Crippen LogP contribution in [0, 0.1) is 5.92 Å². The van der Waals surface area contributed by atoms with Crippen molar-refractivity contribution in [3.05, 3.63) is 48.0 Å². The third kappa shape index (κ3) is 4.61. The maximum atomic E-state index is 12.6. The summed E-state index contributed by atoms with van der Waals surface area (Å²) in [5, 5.41) is 3.80. The molecule has 0 spiro atoms. The molecule has 0 aromatic heterocycles. The average Bonchev–Trinajstić information content (AvgIpc) is 3.11. The molecule has 124 valence electrons. The van der Waals surface area contributed by atoms with Crippen molar-refractivity contribution in [2.45, 2.75) is 19.3 Å². The van der Waals surface area contributed by atoms with Gasteiger partial charge in [-0.3, -0.25) is 4.57 Å². The van der Waals surface area contributed by atoms with Crippen molar-refractivity contribution in [3.63, 3.8) is 0 Å². The molecule has 2 rings (SSSR count). The van der Waals surface area contributed by atoms with Crippen LogP contribution in [0.25, 0.3) is 0 Å². The minimum Gasteiger partial charge on any atom is -0.312 e. The van der Waals surface area contributed by atoms with Gasteiger partial charge in [-0.25, -0.2) is 4.79 Å². The summed E-state index contributed by atoms with van der Waals surface area (Å²) in [5.41, 5.74) is 0.476. The molecular weight excluding hydrogens is 317 g/mol. The summed E-state index contributed by atoms with van der Waals surface area (Å²) in [6, 6.07) is 8.47. The van der Waals surface area contributed by atoms with Gasteiger partial charge in [0.25, 0.3) is 0 Å². The third-order valence-electron chi connectivity index (χ3n) is 3.60. The van der Waals surface area contributed by atoms with Gasteiger partial charge < -0.3 is 13.9 Å². The first-order chi connectivity index (χ1) is 11.1. The Kier molecular flexibility index (Phi) is 6.28. The van der Waals surface area contributed by atoms with E-state index < -0.39 is 13.6 Å². The number of oxime groups is 1. The van der Waals surface area contributed by atoms with E-state index in [4.69, 9.17) is 13.9 Å². The maximum Gasteiger partial charge on any atom is 0.378 e. The topological polar surface area (TPSA) is 74.2 Å². The first kappa shape index (κ1) is 17.6. The van der Waals surface area contributed by atoms with Gasteiger partial charge in [-0.15, -0.1) is 0 Å². The normalized spacial score (nSPS) is 18.2. The minimum absolute atomic E-state index is 0.114. The van der Waals surface area contributed by atoms with Crippen LogP contribution >= 0.6 is 7.60 Å². The summed E-state index contributed by atoms with van der Waals surface area (Å²) < 4.78 is 22.6. The molecule has 0 aliphatic heterocycles. The van der Waals surface area contributed by atoms with E-state index in [1.807, 2.05) is 6.08 Å². The van der Waals surface area contributed by atoms with E-state index in [-0.39, 0.29) is 11.4 Å². The number of carbonyl (C=O) groups is 1. The Morgan fingerprint density at radius 1 is 1.26 bits per heavy atom. The highest BCUT2D eigenvalue weighted by Crippen LogP contribution is 2.50. The molecule has 1 aromatic rings. The molecule has 0 saturated carbocycles. The van der Waals surface area contributed by atoms with Crippen LogP contribution in [0.5, 0.6) is 0 Å². The summed E-state index contributed by atoms with van der Waals surface area (Å²) in [7, 11) is -0.991. The van der Waals surface area contributed by atoms with Crippen LogP contribution in [0.4, 0.5) is 0 Å². The number of rotatable bonds is 7. The van der Waals surface area contributed by atoms with Crippen LogP contribution < -0.4 is 0 Å². The van der Waals surface area contributed by atoms with Crippen LogP contribution in [0.15, 0.2) is 47.6 Å². The molecule has 6 nitrogen and oxygen atoms in total. The van der Waals surface area contributed by atoms with Crippen molar-refractivity contribution in [1.29, 1.82) is 0 Å². The molecule has 0 N–H and O–H groups in total. The summed E-state index contributed by atoms with van der Waals surface area (Å²) in [5.74, 6) is -0.438. The quantitative estimate of drug-likeness (QED) is 0.247. The molecule has 0 saturated heterocycles. The van der Waals surface area contributed by atoms with Gasteiger partial charge in [0, 0.05) is 20.6 Å². The minimum atomic E-state index is -3.55. The summed E-state index contributed by atoms with van der Waals surface area (Å²) in [6.45, 7) is 0. The average molecular weight is 337 g/mol. The smallest absolute Gasteiger partial charge is 0.312 e. The summed E-state index contributed by atoms with van der Waals surface area (Å²) in [6.07, 6.45) is 6.34. The van der Waals surface area contributed by atoms with E-state index in [1.165, 1.54) is 14.2 Å². The van der Waals surface area contributed by atoms with E-state index >= 15 is 0 Å². The van der Waals surface area contributed by atoms with E-state index in [2.05, 4.69) is 11.2 Å². The lowest BCUT2D eigenvalue weighted by molar-refractivity contribution is 0.0516. The monoisotopic (exact) mass is 337 g/mol. The lowest BCUT2D eigenvalue weighted by atomic mass is 10.1. The number of benzene rings is 1. The molecule has 1 aliphatic rings. The summed E-state index contributed by atoms with van der Waals surface area (Å²) >= 11 is 0. The highest BCUT2D eigenvalue weighted by Gasteiger charge is 2.33. The molecule has 0 radical (unpaired) electrons. The Morgan fingerprint density at radius 2 is 1.96 bits per heavy atom. The van der Waals surface area contributed by atoms with Crippen molar-refractivity contribution in [1.82, 2.24) is 0 Å². The Morgan fingerprint density at radius 3 is 2.52 bits per heavy atom. The molecule has 0 heterocycles. The van der Waals surface area contributed by atoms with Crippen molar-refractivity contribution >= 4 is 19.0 Å². The second kappa shape index (κ2) is 8.20. The van der Waals surface area contributed by atoms with Crippen LogP contribution in [-0.4, -0.2) is 25.6 Å². The largest absolute Gasteiger partial charge is 0.378 e. The number of hydrogen-bond donors (Lipinski definition) is 0. The fraction of sp³-hybridized carbons (Fsp3) is 0.375. The molecule has 1 aliphatic carbocycles. The predicted molar refractivity (Wildman–Crippen MR) is 87.4 cm³/mol. The van der Waals surface area contributed by atoms with Gasteiger partial charge in [0.05, 0.1) is 5.56 Å².